The van der Waals surface area contributed by atoms with Crippen molar-refractivity contribution in [3.05, 3.63) is 130 Å². The van der Waals surface area contributed by atoms with Gasteiger partial charge in [0.25, 0.3) is 0 Å². The Labute approximate surface area is 426 Å². The molecule has 0 spiro atoms. The van der Waals surface area contributed by atoms with E-state index in [9.17, 15) is 9.59 Å². The van der Waals surface area contributed by atoms with E-state index in [1.165, 1.54) is 27.8 Å². The summed E-state index contributed by atoms with van der Waals surface area (Å²) in [6.07, 6.45) is 5.56. The molecule has 2 aliphatic rings. The largest absolute Gasteiger partial charge is 0.480 e. The Morgan fingerprint density at radius 2 is 1.11 bits per heavy atom. The second-order valence-electron chi connectivity index (χ2n) is 19.2. The van der Waals surface area contributed by atoms with Crippen LogP contribution in [0.1, 0.15) is 44.5 Å². The molecular formula is C54H66N16O3. The van der Waals surface area contributed by atoms with Crippen molar-refractivity contribution in [2.24, 2.45) is 14.1 Å². The number of fused-ring (bicyclic) bond motifs is 4. The first kappa shape index (κ1) is 51.4. The van der Waals surface area contributed by atoms with Crippen molar-refractivity contribution in [1.29, 1.82) is 0 Å². The number of hydrogen-bond donors (Lipinski definition) is 6. The molecule has 73 heavy (non-hydrogen) atoms. The zero-order valence-corrected chi connectivity index (χ0v) is 43.4. The van der Waals surface area contributed by atoms with E-state index in [0.29, 0.717) is 25.0 Å². The van der Waals surface area contributed by atoms with Gasteiger partial charge in [-0.3, -0.25) is 14.5 Å². The van der Waals surface area contributed by atoms with Crippen LogP contribution >= 0.6 is 0 Å². The molecule has 8 aromatic rings. The molecule has 0 fully saturated rings. The standard InChI is InChI=1S/C27H32N8O.C23H25N7.C4H9NO2/c1-17-7-6-8-18(2)24(17)30-25-22-14-28-27(31-26(22)34(5)32-25)29-21-10-9-19-11-12-35(15-20(19)13-21)23(36)16-33(3)4;1-14-5-4-6-15(2)20(14)27-21-19-13-25-23(28-22(19)30(3)29-21)26-18-8-7-16-9-10-24-12-17(16)11-18;1-5(2)3-4(6)7/h6-10,13-14H,11-12,15-16H2,1-5H3,(H,30,32)(H,28,29,31);4-8,11,13,24H,9-10,12H2,1-3H3,(H,27,29)(H,25,26,28);3H2,1-2H3,(H,6,7). The van der Waals surface area contributed by atoms with Crippen LogP contribution in [-0.2, 0) is 49.6 Å². The predicted octanol–water partition coefficient (Wildman–Crippen LogP) is 7.66. The predicted molar refractivity (Wildman–Crippen MR) is 290 cm³/mol. The van der Waals surface area contributed by atoms with Crippen LogP contribution < -0.4 is 26.6 Å². The average Bonchev–Trinajstić information content (AvgIpc) is 3.83. The first-order valence-electron chi connectivity index (χ1n) is 24.3. The lowest BCUT2D eigenvalue weighted by atomic mass is 9.99. The van der Waals surface area contributed by atoms with Gasteiger partial charge in [-0.05, 0) is 144 Å². The van der Waals surface area contributed by atoms with E-state index in [0.717, 1.165) is 106 Å². The maximum absolute atomic E-state index is 12.5. The van der Waals surface area contributed by atoms with E-state index in [2.05, 4.69) is 135 Å². The van der Waals surface area contributed by atoms with Gasteiger partial charge in [-0.2, -0.15) is 20.2 Å². The minimum Gasteiger partial charge on any atom is -0.480 e. The number of hydrogen-bond acceptors (Lipinski definition) is 15. The number of aryl methyl sites for hydroxylation is 6. The normalized spacial score (nSPS) is 12.9. The van der Waals surface area contributed by atoms with E-state index >= 15 is 0 Å². The molecule has 0 radical (unpaired) electrons. The van der Waals surface area contributed by atoms with Gasteiger partial charge in [-0.1, -0.05) is 48.5 Å². The third kappa shape index (κ3) is 12.6. The Kier molecular flexibility index (Phi) is 15.9. The highest BCUT2D eigenvalue weighted by molar-refractivity contribution is 5.91. The number of nitrogens with one attached hydrogen (secondary N) is 5. The van der Waals surface area contributed by atoms with Crippen LogP contribution in [0.5, 0.6) is 0 Å². The number of carbonyl (C=O) groups is 2. The number of anilines is 8. The number of para-hydroxylation sites is 2. The number of nitrogens with zero attached hydrogens (tertiary/aromatic N) is 11. The quantitative estimate of drug-likeness (QED) is 0.0694. The molecule has 6 N–H and O–H groups in total. The van der Waals surface area contributed by atoms with Crippen LogP contribution in [0.15, 0.2) is 85.2 Å². The Morgan fingerprint density at radius 1 is 0.630 bits per heavy atom. The summed E-state index contributed by atoms with van der Waals surface area (Å²) in [6.45, 7) is 12.2. The van der Waals surface area contributed by atoms with Crippen molar-refractivity contribution < 1.29 is 14.7 Å². The second-order valence-corrected chi connectivity index (χ2v) is 19.2. The molecule has 4 aromatic carbocycles. The monoisotopic (exact) mass is 987 g/mol. The summed E-state index contributed by atoms with van der Waals surface area (Å²) in [5, 5.41) is 36.1. The van der Waals surface area contributed by atoms with Gasteiger partial charge in [0.2, 0.25) is 17.8 Å². The number of aliphatic carboxylic acids is 1. The fourth-order valence-corrected chi connectivity index (χ4v) is 8.95. The number of carbonyl (C=O) groups excluding carboxylic acids is 1. The molecule has 0 saturated heterocycles. The summed E-state index contributed by atoms with van der Waals surface area (Å²) in [5.41, 5.74) is 15.3. The Bertz CT molecular complexity index is 3250. The maximum atomic E-state index is 12.5. The summed E-state index contributed by atoms with van der Waals surface area (Å²) in [7, 11) is 11.0. The Morgan fingerprint density at radius 3 is 1.58 bits per heavy atom. The number of amides is 1. The van der Waals surface area contributed by atoms with E-state index in [1.807, 2.05) is 56.3 Å². The zero-order valence-electron chi connectivity index (χ0n) is 43.4. The van der Waals surface area contributed by atoms with Gasteiger partial charge in [0, 0.05) is 68.9 Å². The van der Waals surface area contributed by atoms with Gasteiger partial charge in [0.1, 0.15) is 0 Å². The topological polar surface area (TPSA) is 211 Å². The van der Waals surface area contributed by atoms with Gasteiger partial charge in [-0.15, -0.1) is 0 Å². The first-order valence-corrected chi connectivity index (χ1v) is 24.3. The van der Waals surface area contributed by atoms with Gasteiger partial charge < -0.3 is 41.5 Å². The minimum atomic E-state index is -0.787. The SMILES string of the molecule is CN(C)CC(=O)O.Cc1cccc(C)c1Nc1nn(C)c2nc(Nc3ccc4c(c3)CN(C(=O)CN(C)C)CC4)ncc12.Cc1cccc(C)c1Nc1nn(C)c2nc(Nc3ccc4c(c3)CNCC4)ncc12. The number of likely N-dealkylation sites (N-methyl/N-ethyl adjacent to an activating group) is 2. The van der Waals surface area contributed by atoms with E-state index < -0.39 is 5.97 Å². The van der Waals surface area contributed by atoms with Crippen molar-refractivity contribution in [2.75, 3.05) is 75.6 Å². The first-order chi connectivity index (χ1) is 35.0. The molecule has 1 amide bonds. The highest BCUT2D eigenvalue weighted by Gasteiger charge is 2.22. The van der Waals surface area contributed by atoms with Crippen LogP contribution in [-0.4, -0.2) is 126 Å². The highest BCUT2D eigenvalue weighted by atomic mass is 16.4. The van der Waals surface area contributed by atoms with Crippen molar-refractivity contribution >= 4 is 80.2 Å². The molecule has 4 aromatic heterocycles. The summed E-state index contributed by atoms with van der Waals surface area (Å²) in [6, 6.07) is 25.2. The lowest BCUT2D eigenvalue weighted by Crippen LogP contribution is -2.40. The molecule has 0 bridgehead atoms. The lowest BCUT2D eigenvalue weighted by molar-refractivity contribution is -0.137. The van der Waals surface area contributed by atoms with Crippen LogP contribution in [0.4, 0.5) is 46.3 Å². The summed E-state index contributed by atoms with van der Waals surface area (Å²) < 4.78 is 3.55. The Hall–Kier alpha value is -8.00. The van der Waals surface area contributed by atoms with Gasteiger partial charge in [0.05, 0.1) is 23.9 Å². The van der Waals surface area contributed by atoms with E-state index in [-0.39, 0.29) is 12.5 Å². The van der Waals surface area contributed by atoms with Crippen LogP contribution in [0.2, 0.25) is 0 Å². The zero-order chi connectivity index (χ0) is 51.9. The molecule has 0 unspecified atom stereocenters. The molecule has 19 nitrogen and oxygen atoms in total. The fourth-order valence-electron chi connectivity index (χ4n) is 8.95. The molecule has 19 heteroatoms. The van der Waals surface area contributed by atoms with Crippen LogP contribution in [0.25, 0.3) is 22.1 Å². The third-order valence-electron chi connectivity index (χ3n) is 12.7. The van der Waals surface area contributed by atoms with Crippen LogP contribution in [0.3, 0.4) is 0 Å². The second kappa shape index (κ2) is 22.6. The number of rotatable bonds is 12. The molecule has 6 heterocycles. The van der Waals surface area contributed by atoms with Crippen LogP contribution in [0, 0.1) is 27.7 Å². The summed E-state index contributed by atoms with van der Waals surface area (Å²) in [4.78, 5) is 46.3. The van der Waals surface area contributed by atoms with Gasteiger partial charge in [-0.25, -0.2) is 19.3 Å². The Balaban J connectivity index is 0.000000174. The molecule has 380 valence electrons. The highest BCUT2D eigenvalue weighted by Crippen LogP contribution is 2.32. The summed E-state index contributed by atoms with van der Waals surface area (Å²) >= 11 is 0. The van der Waals surface area contributed by atoms with Crippen molar-refractivity contribution in [3.63, 3.8) is 0 Å². The van der Waals surface area contributed by atoms with Crippen molar-refractivity contribution in [3.8, 4) is 0 Å². The number of benzene rings is 4. The maximum Gasteiger partial charge on any atom is 0.317 e. The minimum absolute atomic E-state index is 0.111. The number of aromatic nitrogens is 8. The van der Waals surface area contributed by atoms with Crippen molar-refractivity contribution in [2.45, 2.75) is 53.6 Å². The number of carboxylic acids is 1. The van der Waals surface area contributed by atoms with Gasteiger partial charge >= 0.3 is 5.97 Å². The molecule has 0 atom stereocenters. The molecular weight excluding hydrogens is 921 g/mol. The molecule has 2 aliphatic heterocycles. The molecule has 10 rings (SSSR count). The van der Waals surface area contributed by atoms with E-state index in [4.69, 9.17) is 15.1 Å². The number of carboxylic acid groups (broad SMARTS) is 1. The molecule has 0 aliphatic carbocycles. The van der Waals surface area contributed by atoms with E-state index in [1.54, 1.807) is 34.6 Å². The fraction of sp³-hybridized carbons (Fsp3) is 0.333. The van der Waals surface area contributed by atoms with Crippen molar-refractivity contribution in [1.82, 2.24) is 59.5 Å². The molecule has 0 saturated carbocycles. The summed E-state index contributed by atoms with van der Waals surface area (Å²) in [5.74, 6) is 1.92. The lowest BCUT2D eigenvalue weighted by Gasteiger charge is -2.30. The van der Waals surface area contributed by atoms with Gasteiger partial charge in [0.15, 0.2) is 22.9 Å². The third-order valence-corrected chi connectivity index (χ3v) is 12.7. The smallest absolute Gasteiger partial charge is 0.317 e. The average molecular weight is 987 g/mol.